The van der Waals surface area contributed by atoms with Crippen molar-refractivity contribution in [2.45, 2.75) is 13.0 Å². The number of carbonyl (C=O) groups excluding carboxylic acids is 1. The number of fused-ring (bicyclic) bond motifs is 1. The quantitative estimate of drug-likeness (QED) is 0.569. The van der Waals surface area contributed by atoms with Crippen molar-refractivity contribution < 1.29 is 13.9 Å². The fourth-order valence-corrected chi connectivity index (χ4v) is 2.99. The van der Waals surface area contributed by atoms with Crippen LogP contribution >= 0.6 is 11.3 Å². The zero-order valence-corrected chi connectivity index (χ0v) is 14.7. The number of hydrogen-bond donors (Lipinski definition) is 1. The fourth-order valence-electron chi connectivity index (χ4n) is 2.43. The van der Waals surface area contributed by atoms with E-state index in [1.54, 1.807) is 31.3 Å². The summed E-state index contributed by atoms with van der Waals surface area (Å²) in [4.78, 5) is 21.0. The van der Waals surface area contributed by atoms with Gasteiger partial charge in [-0.3, -0.25) is 4.79 Å². The minimum atomic E-state index is -0.628. The Morgan fingerprint density at radius 2 is 2.08 bits per heavy atom. The average Bonchev–Trinajstić information content (AvgIpc) is 3.31. The van der Waals surface area contributed by atoms with Gasteiger partial charge in [0.05, 0.1) is 0 Å². The third kappa shape index (κ3) is 3.43. The maximum atomic E-state index is 12.4. The number of carbonyl (C=O) groups is 1. The first-order valence-electron chi connectivity index (χ1n) is 8.02. The lowest BCUT2D eigenvalue weighted by Gasteiger charge is -2.14. The lowest BCUT2D eigenvalue weighted by molar-refractivity contribution is -0.122. The third-order valence-electron chi connectivity index (χ3n) is 3.70. The van der Waals surface area contributed by atoms with Gasteiger partial charge in [-0.1, -0.05) is 18.2 Å². The molecule has 0 aliphatic heterocycles. The molecule has 1 unspecified atom stereocenters. The molecule has 4 rings (SSSR count). The molecule has 0 aliphatic carbocycles. The summed E-state index contributed by atoms with van der Waals surface area (Å²) < 4.78 is 11.3. The van der Waals surface area contributed by atoms with Crippen LogP contribution in [0.5, 0.6) is 5.75 Å². The molecule has 1 N–H and O–H groups in total. The monoisotopic (exact) mass is 365 g/mol. The molecule has 26 heavy (non-hydrogen) atoms. The number of anilines is 1. The van der Waals surface area contributed by atoms with Gasteiger partial charge in [-0.25, -0.2) is 9.97 Å². The summed E-state index contributed by atoms with van der Waals surface area (Å²) >= 11 is 1.46. The molecule has 0 saturated heterocycles. The van der Waals surface area contributed by atoms with Gasteiger partial charge >= 0.3 is 0 Å². The maximum Gasteiger partial charge on any atom is 0.265 e. The number of hydrogen-bond acceptors (Lipinski definition) is 6. The van der Waals surface area contributed by atoms with Crippen molar-refractivity contribution in [2.24, 2.45) is 0 Å². The van der Waals surface area contributed by atoms with Gasteiger partial charge in [-0.15, -0.1) is 11.3 Å². The predicted octanol–water partition coefficient (Wildman–Crippen LogP) is 4.36. The molecule has 1 amide bonds. The molecule has 2 aromatic heterocycles. The highest BCUT2D eigenvalue weighted by Gasteiger charge is 2.16. The van der Waals surface area contributed by atoms with E-state index in [1.165, 1.54) is 11.3 Å². The van der Waals surface area contributed by atoms with Crippen LogP contribution in [0.15, 0.2) is 64.5 Å². The average molecular weight is 365 g/mol. The number of thiazole rings is 1. The van der Waals surface area contributed by atoms with Crippen LogP contribution in [0.4, 0.5) is 5.69 Å². The Hall–Kier alpha value is -3.19. The van der Waals surface area contributed by atoms with Crippen molar-refractivity contribution in [1.29, 1.82) is 0 Å². The molecule has 0 bridgehead atoms. The highest BCUT2D eigenvalue weighted by Crippen LogP contribution is 2.27. The molecule has 7 heteroatoms. The van der Waals surface area contributed by atoms with Gasteiger partial charge in [-0.2, -0.15) is 0 Å². The summed E-state index contributed by atoms with van der Waals surface area (Å²) in [6, 6.07) is 14.5. The van der Waals surface area contributed by atoms with Gasteiger partial charge in [0.25, 0.3) is 11.8 Å². The first-order chi connectivity index (χ1) is 12.7. The number of benzene rings is 2. The van der Waals surface area contributed by atoms with Crippen molar-refractivity contribution in [3.05, 3.63) is 60.1 Å². The van der Waals surface area contributed by atoms with Crippen LogP contribution in [0.2, 0.25) is 0 Å². The standard InChI is InChI=1S/C19H15N3O3S/c1-12(24-14-5-3-2-4-6-14)17(23)21-13-7-8-16-15(11-13)22-18(25-16)19-20-9-10-26-19/h2-12H,1H3,(H,21,23). The summed E-state index contributed by atoms with van der Waals surface area (Å²) in [5, 5.41) is 5.42. The van der Waals surface area contributed by atoms with E-state index in [-0.39, 0.29) is 5.91 Å². The number of ether oxygens (including phenoxy) is 1. The van der Waals surface area contributed by atoms with E-state index in [0.29, 0.717) is 28.4 Å². The number of nitrogens with one attached hydrogen (secondary N) is 1. The van der Waals surface area contributed by atoms with Gasteiger partial charge in [0.1, 0.15) is 11.3 Å². The SMILES string of the molecule is CC(Oc1ccccc1)C(=O)Nc1ccc2oc(-c3nccs3)nc2c1. The van der Waals surface area contributed by atoms with E-state index >= 15 is 0 Å². The van der Waals surface area contributed by atoms with Crippen LogP contribution in [0.25, 0.3) is 22.0 Å². The minimum Gasteiger partial charge on any atom is -0.481 e. The Morgan fingerprint density at radius 3 is 2.85 bits per heavy atom. The number of aromatic nitrogens is 2. The first-order valence-corrected chi connectivity index (χ1v) is 8.90. The molecule has 130 valence electrons. The van der Waals surface area contributed by atoms with Crippen LogP contribution in [0.3, 0.4) is 0 Å². The highest BCUT2D eigenvalue weighted by molar-refractivity contribution is 7.12. The van der Waals surface area contributed by atoms with Gasteiger partial charge < -0.3 is 14.5 Å². The lowest BCUT2D eigenvalue weighted by atomic mass is 10.2. The van der Waals surface area contributed by atoms with Gasteiger partial charge in [-0.05, 0) is 37.3 Å². The van der Waals surface area contributed by atoms with Crippen molar-refractivity contribution >= 4 is 34.0 Å². The zero-order valence-electron chi connectivity index (χ0n) is 13.9. The topological polar surface area (TPSA) is 77.2 Å². The van der Waals surface area contributed by atoms with Crippen LogP contribution in [-0.2, 0) is 4.79 Å². The number of amides is 1. The second kappa shape index (κ2) is 6.97. The van der Waals surface area contributed by atoms with Gasteiger partial charge in [0, 0.05) is 17.3 Å². The van der Waals surface area contributed by atoms with Crippen LogP contribution in [0, 0.1) is 0 Å². The molecule has 1 atom stereocenters. The van der Waals surface area contributed by atoms with Crippen molar-refractivity contribution in [2.75, 3.05) is 5.32 Å². The van der Waals surface area contributed by atoms with Gasteiger partial charge in [0.15, 0.2) is 16.7 Å². The zero-order chi connectivity index (χ0) is 17.9. The van der Waals surface area contributed by atoms with E-state index in [9.17, 15) is 4.79 Å². The summed E-state index contributed by atoms with van der Waals surface area (Å²) in [5.74, 6) is 0.881. The Labute approximate surface area is 153 Å². The Bertz CT molecular complexity index is 1030. The fraction of sp³-hybridized carbons (Fsp3) is 0.105. The van der Waals surface area contributed by atoms with E-state index in [2.05, 4.69) is 15.3 Å². The minimum absolute atomic E-state index is 0.239. The Kier molecular flexibility index (Phi) is 4.37. The molecular weight excluding hydrogens is 350 g/mol. The first kappa shape index (κ1) is 16.3. The maximum absolute atomic E-state index is 12.4. The number of para-hydroxylation sites is 1. The second-order valence-electron chi connectivity index (χ2n) is 5.60. The Morgan fingerprint density at radius 1 is 1.23 bits per heavy atom. The molecule has 0 fully saturated rings. The van der Waals surface area contributed by atoms with E-state index in [1.807, 2.05) is 35.7 Å². The van der Waals surface area contributed by atoms with E-state index in [0.717, 1.165) is 5.01 Å². The normalized spacial score (nSPS) is 12.0. The molecule has 0 radical (unpaired) electrons. The summed E-state index contributed by atoms with van der Waals surface area (Å²) in [6.45, 7) is 1.71. The van der Waals surface area contributed by atoms with E-state index in [4.69, 9.17) is 9.15 Å². The van der Waals surface area contributed by atoms with Crippen LogP contribution in [-0.4, -0.2) is 22.0 Å². The number of nitrogens with zero attached hydrogens (tertiary/aromatic N) is 2. The molecule has 2 aromatic carbocycles. The Balaban J connectivity index is 1.49. The van der Waals surface area contributed by atoms with Crippen molar-refractivity contribution in [1.82, 2.24) is 9.97 Å². The van der Waals surface area contributed by atoms with Gasteiger partial charge in [0.2, 0.25) is 0 Å². The van der Waals surface area contributed by atoms with Crippen LogP contribution in [0.1, 0.15) is 6.92 Å². The third-order valence-corrected chi connectivity index (χ3v) is 4.46. The summed E-state index contributed by atoms with van der Waals surface area (Å²) in [6.07, 6.45) is 1.07. The second-order valence-corrected chi connectivity index (χ2v) is 6.50. The summed E-state index contributed by atoms with van der Waals surface area (Å²) in [5.41, 5.74) is 1.93. The predicted molar refractivity (Wildman–Crippen MR) is 100 cm³/mol. The highest BCUT2D eigenvalue weighted by atomic mass is 32.1. The molecule has 2 heterocycles. The molecular formula is C19H15N3O3S. The largest absolute Gasteiger partial charge is 0.481 e. The molecule has 0 aliphatic rings. The summed E-state index contributed by atoms with van der Waals surface area (Å²) in [7, 11) is 0. The van der Waals surface area contributed by atoms with Crippen molar-refractivity contribution in [3.63, 3.8) is 0 Å². The molecule has 6 nitrogen and oxygen atoms in total. The molecule has 0 spiro atoms. The molecule has 0 saturated carbocycles. The smallest absolute Gasteiger partial charge is 0.265 e. The van der Waals surface area contributed by atoms with E-state index < -0.39 is 6.10 Å². The number of oxazole rings is 1. The van der Waals surface area contributed by atoms with Crippen molar-refractivity contribution in [3.8, 4) is 16.6 Å². The molecule has 4 aromatic rings. The van der Waals surface area contributed by atoms with Crippen LogP contribution < -0.4 is 10.1 Å². The number of rotatable bonds is 5. The lowest BCUT2D eigenvalue weighted by Crippen LogP contribution is -2.30.